The zero-order valence-corrected chi connectivity index (χ0v) is 9.56. The number of carboxylic acid groups (broad SMARTS) is 1. The molecule has 4 nitrogen and oxygen atoms in total. The van der Waals surface area contributed by atoms with Gasteiger partial charge >= 0.3 is 5.97 Å². The van der Waals surface area contributed by atoms with Crippen LogP contribution in [0.1, 0.15) is 25.8 Å². The Balaban J connectivity index is 0.000000293. The molecule has 0 aliphatic carbocycles. The smallest absolute Gasteiger partial charge is 0.310 e. The third kappa shape index (κ3) is 7.55. The quantitative estimate of drug-likeness (QED) is 0.605. The van der Waals surface area contributed by atoms with Gasteiger partial charge in [-0.05, 0) is 31.0 Å². The second kappa shape index (κ2) is 7.45. The fraction of sp³-hybridized carbons (Fsp3) is 0.333. The highest BCUT2D eigenvalue weighted by Crippen LogP contribution is 2.05. The Hall–Kier alpha value is -1.84. The first-order valence-electron chi connectivity index (χ1n) is 5.01. The summed E-state index contributed by atoms with van der Waals surface area (Å²) < 4.78 is 0. The van der Waals surface area contributed by atoms with E-state index in [1.165, 1.54) is 12.5 Å². The van der Waals surface area contributed by atoms with Crippen molar-refractivity contribution in [3.8, 4) is 0 Å². The molecule has 1 aromatic rings. The molecule has 88 valence electrons. The Morgan fingerprint density at radius 3 is 2.25 bits per heavy atom. The van der Waals surface area contributed by atoms with Crippen LogP contribution in [0.3, 0.4) is 0 Å². The number of hydrogen-bond acceptors (Lipinski definition) is 3. The summed E-state index contributed by atoms with van der Waals surface area (Å²) in [5, 5.41) is 7.86. The maximum Gasteiger partial charge on any atom is 0.310 e. The molecule has 0 unspecified atom stereocenters. The lowest BCUT2D eigenvalue weighted by molar-refractivity contribution is -0.139. The number of nitrogen functional groups attached to an aromatic ring is 1. The lowest BCUT2D eigenvalue weighted by Gasteiger charge is -1.95. The summed E-state index contributed by atoms with van der Waals surface area (Å²) in [6.45, 7) is 3.36. The van der Waals surface area contributed by atoms with Crippen molar-refractivity contribution in [2.24, 2.45) is 0 Å². The topological polar surface area (TPSA) is 80.4 Å². The van der Waals surface area contributed by atoms with Crippen molar-refractivity contribution in [3.05, 3.63) is 29.8 Å². The molecule has 0 saturated heterocycles. The highest BCUT2D eigenvalue weighted by molar-refractivity contribution is 5.93. The second-order valence-corrected chi connectivity index (χ2v) is 3.37. The zero-order valence-electron chi connectivity index (χ0n) is 9.56. The van der Waals surface area contributed by atoms with E-state index < -0.39 is 5.97 Å². The summed E-state index contributed by atoms with van der Waals surface area (Å²) >= 11 is 0. The molecule has 0 amide bonds. The second-order valence-electron chi connectivity index (χ2n) is 3.37. The van der Waals surface area contributed by atoms with Crippen LogP contribution in [0.2, 0.25) is 0 Å². The number of Topliss-reactive ketones (excluding diaryl/α,β-unsaturated/α-hetero) is 1. The Bertz CT molecular complexity index is 349. The standard InChI is InChI=1S/C8H11N.C4H6O3/c1-2-7-4-3-5-8(9)6-7;1-3(5)2-4(6)7/h3-6H,2,9H2,1H3;2H2,1H3,(H,6,7). The van der Waals surface area contributed by atoms with Gasteiger partial charge in [-0.15, -0.1) is 0 Å². The summed E-state index contributed by atoms with van der Waals surface area (Å²) in [6, 6.07) is 7.96. The minimum atomic E-state index is -1.06. The predicted molar refractivity (Wildman–Crippen MR) is 63.2 cm³/mol. The molecular weight excluding hydrogens is 206 g/mol. The molecule has 0 bridgehead atoms. The monoisotopic (exact) mass is 223 g/mol. The van der Waals surface area contributed by atoms with E-state index in [1.54, 1.807) is 0 Å². The Labute approximate surface area is 95.1 Å². The number of nitrogens with two attached hydrogens (primary N) is 1. The maximum absolute atomic E-state index is 9.87. The van der Waals surface area contributed by atoms with Crippen LogP contribution in [0.5, 0.6) is 0 Å². The number of aliphatic carboxylic acids is 1. The number of carbonyl (C=O) groups excluding carboxylic acids is 1. The van der Waals surface area contributed by atoms with Gasteiger partial charge in [0.2, 0.25) is 0 Å². The summed E-state index contributed by atoms with van der Waals surface area (Å²) in [5.74, 6) is -1.37. The van der Waals surface area contributed by atoms with Crippen LogP contribution < -0.4 is 5.73 Å². The van der Waals surface area contributed by atoms with Gasteiger partial charge in [-0.1, -0.05) is 19.1 Å². The van der Waals surface area contributed by atoms with Crippen molar-refractivity contribution in [2.75, 3.05) is 5.73 Å². The van der Waals surface area contributed by atoms with Crippen molar-refractivity contribution in [1.82, 2.24) is 0 Å². The van der Waals surface area contributed by atoms with E-state index in [0.717, 1.165) is 12.1 Å². The molecule has 0 spiro atoms. The summed E-state index contributed by atoms with van der Waals surface area (Å²) in [4.78, 5) is 19.5. The van der Waals surface area contributed by atoms with Gasteiger partial charge in [-0.3, -0.25) is 9.59 Å². The van der Waals surface area contributed by atoms with Crippen molar-refractivity contribution in [3.63, 3.8) is 0 Å². The van der Waals surface area contributed by atoms with Crippen LogP contribution in [0, 0.1) is 0 Å². The fourth-order valence-corrected chi connectivity index (χ4v) is 1.03. The van der Waals surface area contributed by atoms with E-state index in [9.17, 15) is 9.59 Å². The third-order valence-corrected chi connectivity index (χ3v) is 1.76. The third-order valence-electron chi connectivity index (χ3n) is 1.76. The molecule has 16 heavy (non-hydrogen) atoms. The summed E-state index contributed by atoms with van der Waals surface area (Å²) in [7, 11) is 0. The number of anilines is 1. The minimum Gasteiger partial charge on any atom is -0.481 e. The molecule has 0 heterocycles. The lowest BCUT2D eigenvalue weighted by Crippen LogP contribution is -2.00. The first kappa shape index (κ1) is 14.2. The molecule has 1 aromatic carbocycles. The molecule has 1 rings (SSSR count). The van der Waals surface area contributed by atoms with Crippen molar-refractivity contribution < 1.29 is 14.7 Å². The van der Waals surface area contributed by atoms with Crippen LogP contribution in [0.25, 0.3) is 0 Å². The van der Waals surface area contributed by atoms with Crippen LogP contribution >= 0.6 is 0 Å². The largest absolute Gasteiger partial charge is 0.481 e. The van der Waals surface area contributed by atoms with Gasteiger partial charge in [0.05, 0.1) is 0 Å². The van der Waals surface area contributed by atoms with E-state index in [1.807, 2.05) is 18.2 Å². The minimum absolute atomic E-state index is 0.312. The number of ketones is 1. The molecule has 0 radical (unpaired) electrons. The molecule has 0 atom stereocenters. The van der Waals surface area contributed by atoms with Crippen molar-refractivity contribution >= 4 is 17.4 Å². The average molecular weight is 223 g/mol. The van der Waals surface area contributed by atoms with Gasteiger partial charge in [0.15, 0.2) is 0 Å². The van der Waals surface area contributed by atoms with Crippen molar-refractivity contribution in [1.29, 1.82) is 0 Å². The van der Waals surface area contributed by atoms with Crippen LogP contribution in [-0.4, -0.2) is 16.9 Å². The summed E-state index contributed by atoms with van der Waals surface area (Å²) in [5.41, 5.74) is 7.69. The van der Waals surface area contributed by atoms with E-state index in [4.69, 9.17) is 10.8 Å². The SMILES string of the molecule is CC(=O)CC(=O)O.CCc1cccc(N)c1. The summed E-state index contributed by atoms with van der Waals surface area (Å²) in [6.07, 6.45) is 0.699. The molecule has 0 fully saturated rings. The number of rotatable bonds is 3. The van der Waals surface area contributed by atoms with Crippen molar-refractivity contribution in [2.45, 2.75) is 26.7 Å². The van der Waals surface area contributed by atoms with Gasteiger partial charge in [0.25, 0.3) is 0 Å². The fourth-order valence-electron chi connectivity index (χ4n) is 1.03. The molecule has 0 aliphatic heterocycles. The molecule has 4 heteroatoms. The molecule has 3 N–H and O–H groups in total. The highest BCUT2D eigenvalue weighted by Gasteiger charge is 1.98. The van der Waals surface area contributed by atoms with E-state index in [0.29, 0.717) is 0 Å². The Morgan fingerprint density at radius 2 is 2.00 bits per heavy atom. The number of aryl methyl sites for hydroxylation is 1. The number of carbonyl (C=O) groups is 2. The number of benzene rings is 1. The van der Waals surface area contributed by atoms with E-state index in [2.05, 4.69) is 13.0 Å². The predicted octanol–water partition coefficient (Wildman–Crippen LogP) is 1.88. The van der Waals surface area contributed by atoms with Crippen LogP contribution in [0.4, 0.5) is 5.69 Å². The molecule has 0 aromatic heterocycles. The normalized spacial score (nSPS) is 8.88. The Morgan fingerprint density at radius 1 is 1.38 bits per heavy atom. The zero-order chi connectivity index (χ0) is 12.6. The van der Waals surface area contributed by atoms with Gasteiger partial charge in [-0.25, -0.2) is 0 Å². The first-order chi connectivity index (χ1) is 7.45. The van der Waals surface area contributed by atoms with E-state index in [-0.39, 0.29) is 12.2 Å². The van der Waals surface area contributed by atoms with Crippen LogP contribution in [-0.2, 0) is 16.0 Å². The van der Waals surface area contributed by atoms with Gasteiger partial charge in [0.1, 0.15) is 12.2 Å². The first-order valence-corrected chi connectivity index (χ1v) is 5.01. The van der Waals surface area contributed by atoms with Gasteiger partial charge in [-0.2, -0.15) is 0 Å². The maximum atomic E-state index is 9.87. The molecule has 0 aliphatic rings. The Kier molecular flexibility index (Phi) is 6.59. The van der Waals surface area contributed by atoms with E-state index >= 15 is 0 Å². The lowest BCUT2D eigenvalue weighted by atomic mass is 10.1. The average Bonchev–Trinajstić information content (AvgIpc) is 2.16. The highest BCUT2D eigenvalue weighted by atomic mass is 16.4. The molecular formula is C12H17NO3. The number of carboxylic acids is 1. The van der Waals surface area contributed by atoms with Gasteiger partial charge < -0.3 is 10.8 Å². The van der Waals surface area contributed by atoms with Crippen LogP contribution in [0.15, 0.2) is 24.3 Å². The van der Waals surface area contributed by atoms with Gasteiger partial charge in [0, 0.05) is 5.69 Å². The number of hydrogen-bond donors (Lipinski definition) is 2. The molecule has 0 saturated carbocycles.